The summed E-state index contributed by atoms with van der Waals surface area (Å²) in [7, 11) is 0. The zero-order valence-corrected chi connectivity index (χ0v) is 21.8. The third-order valence-corrected chi connectivity index (χ3v) is 6.91. The number of hydrogen-bond donors (Lipinski definition) is 3. The number of aryl methyl sites for hydroxylation is 1. The lowest BCUT2D eigenvalue weighted by Gasteiger charge is -2.31. The van der Waals surface area contributed by atoms with Crippen LogP contribution >= 0.6 is 0 Å². The molecule has 2 heterocycles. The molecule has 0 aliphatic heterocycles. The van der Waals surface area contributed by atoms with Crippen LogP contribution in [0.4, 0.5) is 26.3 Å². The van der Waals surface area contributed by atoms with Crippen molar-refractivity contribution in [3.05, 3.63) is 41.0 Å². The van der Waals surface area contributed by atoms with Crippen molar-refractivity contribution in [2.45, 2.75) is 77.3 Å². The number of carbonyl (C=O) groups excluding carboxylic acids is 2. The van der Waals surface area contributed by atoms with Gasteiger partial charge < -0.3 is 15.6 Å². The van der Waals surface area contributed by atoms with Gasteiger partial charge in [-0.25, -0.2) is 9.61 Å². The molecule has 0 radical (unpaired) electrons. The van der Waals surface area contributed by atoms with Crippen molar-refractivity contribution in [1.29, 1.82) is 0 Å². The number of nitrogens with one attached hydrogen (secondary N) is 3. The third-order valence-electron chi connectivity index (χ3n) is 6.91. The van der Waals surface area contributed by atoms with Crippen LogP contribution in [0.3, 0.4) is 0 Å². The van der Waals surface area contributed by atoms with Gasteiger partial charge in [-0.2, -0.15) is 26.3 Å². The molecule has 1 aliphatic rings. The maximum absolute atomic E-state index is 13.8. The zero-order valence-electron chi connectivity index (χ0n) is 21.8. The van der Waals surface area contributed by atoms with Crippen molar-refractivity contribution >= 4 is 22.8 Å². The average molecular weight is 575 g/mol. The van der Waals surface area contributed by atoms with E-state index in [1.807, 2.05) is 0 Å². The van der Waals surface area contributed by atoms with Crippen LogP contribution in [0, 0.1) is 18.3 Å². The summed E-state index contributed by atoms with van der Waals surface area (Å²) in [5.41, 5.74) is -0.799. The van der Waals surface area contributed by atoms with Crippen molar-refractivity contribution in [2.24, 2.45) is 11.3 Å². The van der Waals surface area contributed by atoms with Gasteiger partial charge in [0.05, 0.1) is 35.0 Å². The second-order valence-electron chi connectivity index (χ2n) is 10.7. The molecule has 2 amide bonds. The highest BCUT2D eigenvalue weighted by Crippen LogP contribution is 2.44. The summed E-state index contributed by atoms with van der Waals surface area (Å²) in [4.78, 5) is 32.4. The number of amides is 2. The summed E-state index contributed by atoms with van der Waals surface area (Å²) < 4.78 is 83.4. The number of fused-ring (bicyclic) bond motifs is 1. The van der Waals surface area contributed by atoms with Crippen molar-refractivity contribution in [2.75, 3.05) is 0 Å². The molecule has 1 fully saturated rings. The first-order chi connectivity index (χ1) is 18.5. The molecule has 0 bridgehead atoms. The number of aromatic amines is 1. The third kappa shape index (κ3) is 6.91. The fourth-order valence-corrected chi connectivity index (χ4v) is 4.32. The van der Waals surface area contributed by atoms with Crippen LogP contribution in [0.5, 0.6) is 0 Å². The molecule has 2 atom stereocenters. The number of rotatable bonds is 10. The summed E-state index contributed by atoms with van der Waals surface area (Å²) in [5, 5.41) is 12.2. The number of imidazole rings is 1. The summed E-state index contributed by atoms with van der Waals surface area (Å²) in [6, 6.07) is 3.17. The molecule has 0 spiro atoms. The Balaban J connectivity index is 1.61. The van der Waals surface area contributed by atoms with Gasteiger partial charge in [-0.15, -0.1) is 0 Å². The molecule has 9 nitrogen and oxygen atoms in total. The highest BCUT2D eigenvalue weighted by atomic mass is 19.4. The van der Waals surface area contributed by atoms with E-state index in [2.05, 4.69) is 35.5 Å². The van der Waals surface area contributed by atoms with Crippen LogP contribution in [0.2, 0.25) is 0 Å². The predicted molar refractivity (Wildman–Crippen MR) is 129 cm³/mol. The van der Waals surface area contributed by atoms with E-state index in [4.69, 9.17) is 0 Å². The van der Waals surface area contributed by atoms with Gasteiger partial charge in [0.15, 0.2) is 5.69 Å². The van der Waals surface area contributed by atoms with Gasteiger partial charge in [0.2, 0.25) is 5.91 Å². The minimum Gasteiger partial charge on any atom is -0.349 e. The first-order valence-corrected chi connectivity index (χ1v) is 12.6. The number of nitrogens with zero attached hydrogens (tertiary/aromatic N) is 3. The molecule has 0 unspecified atom stereocenters. The number of H-pyrrole nitrogens is 1. The van der Waals surface area contributed by atoms with Gasteiger partial charge in [-0.1, -0.05) is 25.1 Å². The zero-order chi connectivity index (χ0) is 29.5. The maximum Gasteiger partial charge on any atom is 0.394 e. The number of alkyl halides is 6. The van der Waals surface area contributed by atoms with E-state index in [-0.39, 0.29) is 23.1 Å². The number of carbonyl (C=O) groups is 2. The molecule has 1 aliphatic carbocycles. The first-order valence-electron chi connectivity index (χ1n) is 12.6. The summed E-state index contributed by atoms with van der Waals surface area (Å²) in [5.74, 6) is -1.41. The maximum atomic E-state index is 13.8. The molecule has 1 aromatic carbocycles. The molecule has 2 aromatic heterocycles. The number of halogens is 6. The van der Waals surface area contributed by atoms with Crippen molar-refractivity contribution in [1.82, 2.24) is 30.9 Å². The average Bonchev–Trinajstić information content (AvgIpc) is 3.44. The van der Waals surface area contributed by atoms with Gasteiger partial charge >= 0.3 is 12.4 Å². The van der Waals surface area contributed by atoms with Gasteiger partial charge in [0.1, 0.15) is 11.5 Å². The fraction of sp³-hybridized carbons (Fsp3) is 0.560. The molecule has 15 heteroatoms. The fourth-order valence-electron chi connectivity index (χ4n) is 4.32. The van der Waals surface area contributed by atoms with Crippen molar-refractivity contribution < 1.29 is 40.6 Å². The Hall–Kier alpha value is -3.65. The van der Waals surface area contributed by atoms with Gasteiger partial charge in [-0.3, -0.25) is 9.59 Å². The lowest BCUT2D eigenvalue weighted by atomic mass is 9.84. The lowest BCUT2D eigenvalue weighted by Crippen LogP contribution is -2.39. The SMILES string of the molecule is Cc1nonc1C(=O)N[C@@H](CC(C)(C)C(F)(F)F)c1nc2ccc([C@@H](NC(=O)CCC(F)(F)F)C3CC3)cc2[nH]1. The largest absolute Gasteiger partial charge is 0.394 e. The molecule has 3 aromatic rings. The molecule has 4 rings (SSSR count). The second-order valence-corrected chi connectivity index (χ2v) is 10.7. The molecule has 1 saturated carbocycles. The van der Waals surface area contributed by atoms with Gasteiger partial charge in [0, 0.05) is 6.42 Å². The monoisotopic (exact) mass is 574 g/mol. The second kappa shape index (κ2) is 10.7. The van der Waals surface area contributed by atoms with E-state index < -0.39 is 60.9 Å². The Morgan fingerprint density at radius 3 is 2.38 bits per heavy atom. The molecule has 0 saturated heterocycles. The van der Waals surface area contributed by atoms with Crippen LogP contribution < -0.4 is 10.6 Å². The van der Waals surface area contributed by atoms with Crippen LogP contribution in [-0.4, -0.2) is 44.4 Å². The number of aromatic nitrogens is 4. The standard InChI is InChI=1S/C25H28F6N6O3/c1-12-19(37-40-36-12)22(39)34-17(11-23(2,3)25(29,30)31)21-32-15-7-6-14(10-16(15)33-21)20(13-4-5-13)35-18(38)8-9-24(26,27)28/h6-7,10,13,17,20H,4-5,8-9,11H2,1-3H3,(H,32,33)(H,34,39)(H,35,38)/t17-,20-/m0/s1. The Kier molecular flexibility index (Phi) is 7.87. The summed E-state index contributed by atoms with van der Waals surface area (Å²) in [6.45, 7) is 3.48. The first kappa shape index (κ1) is 29.3. The van der Waals surface area contributed by atoms with E-state index in [1.54, 1.807) is 18.2 Å². The van der Waals surface area contributed by atoms with Crippen LogP contribution in [0.1, 0.15) is 85.6 Å². The Bertz CT molecular complexity index is 1380. The predicted octanol–water partition coefficient (Wildman–Crippen LogP) is 5.61. The lowest BCUT2D eigenvalue weighted by molar-refractivity contribution is -0.215. The smallest absolute Gasteiger partial charge is 0.349 e. The van der Waals surface area contributed by atoms with Crippen molar-refractivity contribution in [3.8, 4) is 0 Å². The Labute approximate surface area is 224 Å². The molecular weight excluding hydrogens is 546 g/mol. The minimum absolute atomic E-state index is 0.0496. The highest BCUT2D eigenvalue weighted by molar-refractivity contribution is 5.93. The Morgan fingerprint density at radius 2 is 1.80 bits per heavy atom. The normalized spacial score (nSPS) is 16.1. The minimum atomic E-state index is -4.58. The van der Waals surface area contributed by atoms with E-state index in [0.29, 0.717) is 16.6 Å². The van der Waals surface area contributed by atoms with E-state index >= 15 is 0 Å². The van der Waals surface area contributed by atoms with Crippen LogP contribution in [0.15, 0.2) is 22.8 Å². The highest BCUT2D eigenvalue weighted by Gasteiger charge is 2.49. The Morgan fingerprint density at radius 1 is 1.10 bits per heavy atom. The molecule has 218 valence electrons. The topological polar surface area (TPSA) is 126 Å². The molecule has 40 heavy (non-hydrogen) atoms. The van der Waals surface area contributed by atoms with Crippen LogP contribution in [0.25, 0.3) is 11.0 Å². The molecular formula is C25H28F6N6O3. The molecule has 3 N–H and O–H groups in total. The van der Waals surface area contributed by atoms with Crippen molar-refractivity contribution in [3.63, 3.8) is 0 Å². The van der Waals surface area contributed by atoms with E-state index in [0.717, 1.165) is 26.7 Å². The number of hydrogen-bond acceptors (Lipinski definition) is 6. The van der Waals surface area contributed by atoms with E-state index in [1.165, 1.54) is 6.92 Å². The quantitative estimate of drug-likeness (QED) is 0.270. The number of benzene rings is 1. The van der Waals surface area contributed by atoms with Gasteiger partial charge in [-0.05, 0) is 55.0 Å². The van der Waals surface area contributed by atoms with E-state index in [9.17, 15) is 35.9 Å². The summed E-state index contributed by atoms with van der Waals surface area (Å²) >= 11 is 0. The summed E-state index contributed by atoms with van der Waals surface area (Å²) in [6.07, 6.45) is -9.94. The van der Waals surface area contributed by atoms with Gasteiger partial charge in [0.25, 0.3) is 5.91 Å². The van der Waals surface area contributed by atoms with Crippen LogP contribution in [-0.2, 0) is 4.79 Å².